The Kier molecular flexibility index (Phi) is 7.76. The highest BCUT2D eigenvalue weighted by atomic mass is 35.5. The van der Waals surface area contributed by atoms with Crippen LogP contribution in [-0.4, -0.2) is 38.1 Å². The van der Waals surface area contributed by atoms with E-state index < -0.39 is 0 Å². The van der Waals surface area contributed by atoms with Gasteiger partial charge in [-0.05, 0) is 12.6 Å². The van der Waals surface area contributed by atoms with Crippen molar-refractivity contribution in [3.05, 3.63) is 28.8 Å². The van der Waals surface area contributed by atoms with Crippen LogP contribution in [0.5, 0.6) is 5.75 Å². The molecule has 0 heterocycles. The maximum Gasteiger partial charge on any atom is 0.142 e. The molecule has 1 aromatic carbocycles. The molecule has 0 aliphatic rings. The topological polar surface area (TPSA) is 50.7 Å². The quantitative estimate of drug-likeness (QED) is 0.674. The minimum Gasteiger partial charge on any atom is -0.489 e. The van der Waals surface area contributed by atoms with E-state index in [-0.39, 0.29) is 6.61 Å². The summed E-state index contributed by atoms with van der Waals surface area (Å²) in [6, 6.07) is 5.70. The lowest BCUT2D eigenvalue weighted by molar-refractivity contribution is 0.0703. The minimum atomic E-state index is 0.0256. The number of hydrogen-bond acceptors (Lipinski definition) is 4. The lowest BCUT2D eigenvalue weighted by atomic mass is 10.2. The van der Waals surface area contributed by atoms with Crippen molar-refractivity contribution >= 4 is 11.6 Å². The van der Waals surface area contributed by atoms with Gasteiger partial charge >= 0.3 is 0 Å². The zero-order chi connectivity index (χ0) is 13.2. The fourth-order valence-electron chi connectivity index (χ4n) is 1.48. The van der Waals surface area contributed by atoms with E-state index in [1.165, 1.54) is 0 Å². The third kappa shape index (κ3) is 5.23. The van der Waals surface area contributed by atoms with Crippen LogP contribution in [0.2, 0.25) is 5.02 Å². The molecule has 4 nitrogen and oxygen atoms in total. The van der Waals surface area contributed by atoms with Gasteiger partial charge in [-0.1, -0.05) is 30.7 Å². The van der Waals surface area contributed by atoms with Gasteiger partial charge in [-0.15, -0.1) is 0 Å². The lowest BCUT2D eigenvalue weighted by Gasteiger charge is -2.13. The highest BCUT2D eigenvalue weighted by molar-refractivity contribution is 6.32. The van der Waals surface area contributed by atoms with E-state index in [1.807, 2.05) is 19.1 Å². The van der Waals surface area contributed by atoms with E-state index in [0.717, 1.165) is 18.7 Å². The minimum absolute atomic E-state index is 0.0256. The predicted octanol–water partition coefficient (Wildman–Crippen LogP) is 1.84. The van der Waals surface area contributed by atoms with Gasteiger partial charge in [0, 0.05) is 12.1 Å². The van der Waals surface area contributed by atoms with Gasteiger partial charge in [0.05, 0.1) is 24.8 Å². The van der Waals surface area contributed by atoms with Gasteiger partial charge < -0.3 is 19.9 Å². The van der Waals surface area contributed by atoms with Crippen LogP contribution >= 0.6 is 11.6 Å². The summed E-state index contributed by atoms with van der Waals surface area (Å²) in [6.07, 6.45) is 0. The highest BCUT2D eigenvalue weighted by Gasteiger charge is 2.07. The predicted molar refractivity (Wildman–Crippen MR) is 72.2 cm³/mol. The van der Waals surface area contributed by atoms with Crippen molar-refractivity contribution in [3.8, 4) is 5.75 Å². The van der Waals surface area contributed by atoms with Crippen molar-refractivity contribution in [1.82, 2.24) is 5.32 Å². The third-order valence-corrected chi connectivity index (χ3v) is 2.62. The molecular formula is C13H20ClNO3. The molecule has 0 aliphatic heterocycles. The van der Waals surface area contributed by atoms with Crippen molar-refractivity contribution in [1.29, 1.82) is 0 Å². The Bertz CT molecular complexity index is 347. The molecule has 18 heavy (non-hydrogen) atoms. The van der Waals surface area contributed by atoms with Crippen molar-refractivity contribution in [2.24, 2.45) is 0 Å². The maximum absolute atomic E-state index is 8.57. The molecule has 0 aliphatic carbocycles. The van der Waals surface area contributed by atoms with Crippen molar-refractivity contribution < 1.29 is 14.6 Å². The summed E-state index contributed by atoms with van der Waals surface area (Å²) < 4.78 is 10.8. The Morgan fingerprint density at radius 3 is 2.83 bits per heavy atom. The number of rotatable bonds is 9. The molecule has 0 amide bonds. The number of halogens is 1. The zero-order valence-electron chi connectivity index (χ0n) is 10.6. The van der Waals surface area contributed by atoms with Gasteiger partial charge in [0.15, 0.2) is 0 Å². The summed E-state index contributed by atoms with van der Waals surface area (Å²) >= 11 is 6.11. The van der Waals surface area contributed by atoms with Gasteiger partial charge in [-0.2, -0.15) is 0 Å². The Labute approximate surface area is 113 Å². The molecule has 0 saturated carbocycles. The normalized spacial score (nSPS) is 10.6. The molecule has 0 atom stereocenters. The molecule has 0 unspecified atom stereocenters. The van der Waals surface area contributed by atoms with E-state index in [2.05, 4.69) is 5.32 Å². The fourth-order valence-corrected chi connectivity index (χ4v) is 1.73. The van der Waals surface area contributed by atoms with E-state index >= 15 is 0 Å². The van der Waals surface area contributed by atoms with Crippen LogP contribution in [-0.2, 0) is 11.3 Å². The second kappa shape index (κ2) is 9.16. The number of nitrogens with one attached hydrogen (secondary N) is 1. The standard InChI is InChI=1S/C13H20ClNO3/c1-2-15-10-11-4-3-5-12(14)13(11)18-9-8-17-7-6-16/h3-5,15-16H,2,6-10H2,1H3. The largest absolute Gasteiger partial charge is 0.489 e. The first-order valence-corrected chi connectivity index (χ1v) is 6.47. The molecule has 102 valence electrons. The first-order valence-electron chi connectivity index (χ1n) is 6.09. The summed E-state index contributed by atoms with van der Waals surface area (Å²) in [5, 5.41) is 12.4. The Morgan fingerprint density at radius 1 is 1.28 bits per heavy atom. The second-order valence-corrected chi connectivity index (χ2v) is 4.10. The zero-order valence-corrected chi connectivity index (χ0v) is 11.4. The monoisotopic (exact) mass is 273 g/mol. The summed E-state index contributed by atoms with van der Waals surface area (Å²) in [5.41, 5.74) is 1.03. The number of ether oxygens (including phenoxy) is 2. The smallest absolute Gasteiger partial charge is 0.142 e. The first kappa shape index (κ1) is 15.2. The number of benzene rings is 1. The number of hydrogen-bond donors (Lipinski definition) is 2. The van der Waals surface area contributed by atoms with Crippen LogP contribution in [0.1, 0.15) is 12.5 Å². The molecule has 0 radical (unpaired) electrons. The van der Waals surface area contributed by atoms with Gasteiger partial charge in [-0.3, -0.25) is 0 Å². The van der Waals surface area contributed by atoms with Crippen LogP contribution in [0.25, 0.3) is 0 Å². The average Bonchev–Trinajstić information content (AvgIpc) is 2.38. The van der Waals surface area contributed by atoms with Crippen LogP contribution in [0, 0.1) is 0 Å². The van der Waals surface area contributed by atoms with Gasteiger partial charge in [-0.25, -0.2) is 0 Å². The molecule has 5 heteroatoms. The van der Waals surface area contributed by atoms with E-state index in [0.29, 0.717) is 30.6 Å². The Hall–Kier alpha value is -0.810. The number of para-hydroxylation sites is 1. The Morgan fingerprint density at radius 2 is 2.11 bits per heavy atom. The van der Waals surface area contributed by atoms with E-state index in [4.69, 9.17) is 26.2 Å². The molecule has 2 N–H and O–H groups in total. The molecule has 0 bridgehead atoms. The molecular weight excluding hydrogens is 254 g/mol. The first-order chi connectivity index (χ1) is 8.79. The number of aliphatic hydroxyl groups is 1. The molecule has 1 rings (SSSR count). The van der Waals surface area contributed by atoms with Crippen molar-refractivity contribution in [3.63, 3.8) is 0 Å². The molecule has 0 spiro atoms. The Balaban J connectivity index is 2.50. The van der Waals surface area contributed by atoms with Crippen LogP contribution in [0.3, 0.4) is 0 Å². The second-order valence-electron chi connectivity index (χ2n) is 3.69. The fraction of sp³-hybridized carbons (Fsp3) is 0.538. The molecule has 1 aromatic rings. The van der Waals surface area contributed by atoms with E-state index in [1.54, 1.807) is 6.07 Å². The lowest BCUT2D eigenvalue weighted by Crippen LogP contribution is -2.14. The maximum atomic E-state index is 8.57. The summed E-state index contributed by atoms with van der Waals surface area (Å²) in [6.45, 7) is 4.88. The number of aliphatic hydroxyl groups excluding tert-OH is 1. The highest BCUT2D eigenvalue weighted by Crippen LogP contribution is 2.28. The average molecular weight is 274 g/mol. The summed E-state index contributed by atoms with van der Waals surface area (Å²) in [4.78, 5) is 0. The molecule has 0 fully saturated rings. The van der Waals surface area contributed by atoms with E-state index in [9.17, 15) is 0 Å². The van der Waals surface area contributed by atoms with Gasteiger partial charge in [0.1, 0.15) is 12.4 Å². The van der Waals surface area contributed by atoms with Gasteiger partial charge in [0.2, 0.25) is 0 Å². The van der Waals surface area contributed by atoms with Crippen LogP contribution in [0.15, 0.2) is 18.2 Å². The SMILES string of the molecule is CCNCc1cccc(Cl)c1OCCOCCO. The summed E-state index contributed by atoms with van der Waals surface area (Å²) in [5.74, 6) is 0.702. The third-order valence-electron chi connectivity index (χ3n) is 2.32. The van der Waals surface area contributed by atoms with Crippen molar-refractivity contribution in [2.45, 2.75) is 13.5 Å². The van der Waals surface area contributed by atoms with Crippen LogP contribution < -0.4 is 10.1 Å². The van der Waals surface area contributed by atoms with Crippen molar-refractivity contribution in [2.75, 3.05) is 33.0 Å². The summed E-state index contributed by atoms with van der Waals surface area (Å²) in [7, 11) is 0. The molecule has 0 saturated heterocycles. The van der Waals surface area contributed by atoms with Crippen LogP contribution in [0.4, 0.5) is 0 Å². The van der Waals surface area contributed by atoms with Gasteiger partial charge in [0.25, 0.3) is 0 Å². The molecule has 0 aromatic heterocycles.